The topological polar surface area (TPSA) is 96.0 Å². The Hall–Kier alpha value is -2.87. The molecule has 0 aromatic heterocycles. The molecular formula is C18H18O7S. The molecule has 0 unspecified atom stereocenters. The number of ketones is 1. The predicted molar refractivity (Wildman–Crippen MR) is 93.7 cm³/mol. The zero-order valence-electron chi connectivity index (χ0n) is 14.5. The molecule has 0 radical (unpaired) electrons. The largest absolute Gasteiger partial charge is 0.493 e. The lowest BCUT2D eigenvalue weighted by Gasteiger charge is -2.09. The Kier molecular flexibility index (Phi) is 5.99. The summed E-state index contributed by atoms with van der Waals surface area (Å²) in [5.41, 5.74) is 0.459. The Labute approximate surface area is 151 Å². The summed E-state index contributed by atoms with van der Waals surface area (Å²) >= 11 is 0. The SMILES string of the molecule is COc1ccc(C(=O)COC(=O)c2ccc(S(C)(=O)=O)cc2)cc1OC. The van der Waals surface area contributed by atoms with Crippen molar-refractivity contribution in [2.75, 3.05) is 27.1 Å². The molecule has 26 heavy (non-hydrogen) atoms. The first kappa shape index (κ1) is 19.5. The van der Waals surface area contributed by atoms with Gasteiger partial charge in [0.2, 0.25) is 0 Å². The number of carbonyl (C=O) groups is 2. The number of hydrogen-bond donors (Lipinski definition) is 0. The van der Waals surface area contributed by atoms with Gasteiger partial charge in [-0.25, -0.2) is 13.2 Å². The lowest BCUT2D eigenvalue weighted by atomic mass is 10.1. The summed E-state index contributed by atoms with van der Waals surface area (Å²) in [6, 6.07) is 9.90. The normalized spacial score (nSPS) is 10.9. The van der Waals surface area contributed by atoms with Crippen molar-refractivity contribution in [2.45, 2.75) is 4.90 Å². The highest BCUT2D eigenvalue weighted by atomic mass is 32.2. The van der Waals surface area contributed by atoms with Crippen LogP contribution in [0, 0.1) is 0 Å². The molecule has 0 saturated carbocycles. The van der Waals surface area contributed by atoms with Crippen LogP contribution in [0.3, 0.4) is 0 Å². The van der Waals surface area contributed by atoms with Crippen LogP contribution < -0.4 is 9.47 Å². The Morgan fingerprint density at radius 2 is 1.46 bits per heavy atom. The molecule has 8 heteroatoms. The molecule has 0 aliphatic heterocycles. The highest BCUT2D eigenvalue weighted by Gasteiger charge is 2.15. The zero-order chi connectivity index (χ0) is 19.3. The van der Waals surface area contributed by atoms with Crippen molar-refractivity contribution in [3.63, 3.8) is 0 Å². The molecule has 0 saturated heterocycles. The lowest BCUT2D eigenvalue weighted by molar-refractivity contribution is 0.0474. The monoisotopic (exact) mass is 378 g/mol. The van der Waals surface area contributed by atoms with Gasteiger partial charge in [-0.05, 0) is 42.5 Å². The molecule has 0 fully saturated rings. The van der Waals surface area contributed by atoms with E-state index in [1.165, 1.54) is 44.6 Å². The van der Waals surface area contributed by atoms with Crippen molar-refractivity contribution in [1.29, 1.82) is 0 Å². The molecule has 0 N–H and O–H groups in total. The first-order chi connectivity index (χ1) is 12.3. The van der Waals surface area contributed by atoms with Gasteiger partial charge in [0.15, 0.2) is 33.7 Å². The zero-order valence-corrected chi connectivity index (χ0v) is 15.3. The summed E-state index contributed by atoms with van der Waals surface area (Å²) in [6.07, 6.45) is 1.07. The van der Waals surface area contributed by atoms with Gasteiger partial charge in [0.05, 0.1) is 24.7 Å². The van der Waals surface area contributed by atoms with E-state index < -0.39 is 28.2 Å². The highest BCUT2D eigenvalue weighted by Crippen LogP contribution is 2.27. The summed E-state index contributed by atoms with van der Waals surface area (Å²) < 4.78 is 38.0. The lowest BCUT2D eigenvalue weighted by Crippen LogP contribution is -2.14. The van der Waals surface area contributed by atoms with Gasteiger partial charge in [-0.3, -0.25) is 4.79 Å². The Morgan fingerprint density at radius 3 is 2.00 bits per heavy atom. The van der Waals surface area contributed by atoms with E-state index in [1.807, 2.05) is 0 Å². The summed E-state index contributed by atoms with van der Waals surface area (Å²) in [7, 11) is -0.415. The maximum atomic E-state index is 12.2. The van der Waals surface area contributed by atoms with E-state index in [2.05, 4.69) is 0 Å². The standard InChI is InChI=1S/C18H18O7S/c1-23-16-9-6-13(10-17(16)24-2)15(19)11-25-18(20)12-4-7-14(8-5-12)26(3,21)22/h4-10H,11H2,1-3H3. The summed E-state index contributed by atoms with van der Waals surface area (Å²) in [5, 5.41) is 0. The van der Waals surface area contributed by atoms with E-state index in [0.717, 1.165) is 6.26 Å². The fourth-order valence-corrected chi connectivity index (χ4v) is 2.78. The number of Topliss-reactive ketones (excluding diaryl/α,β-unsaturated/α-hetero) is 1. The molecular weight excluding hydrogens is 360 g/mol. The first-order valence-electron chi connectivity index (χ1n) is 7.48. The minimum atomic E-state index is -3.35. The van der Waals surface area contributed by atoms with Crippen molar-refractivity contribution in [3.05, 3.63) is 53.6 Å². The van der Waals surface area contributed by atoms with Gasteiger partial charge in [0.1, 0.15) is 0 Å². The van der Waals surface area contributed by atoms with Gasteiger partial charge in [0, 0.05) is 11.8 Å². The second-order valence-electron chi connectivity index (χ2n) is 5.37. The summed E-state index contributed by atoms with van der Waals surface area (Å²) in [5.74, 6) is -0.265. The smallest absolute Gasteiger partial charge is 0.338 e. The van der Waals surface area contributed by atoms with Crippen LogP contribution in [-0.4, -0.2) is 47.3 Å². The number of rotatable bonds is 7. The molecule has 0 heterocycles. The van der Waals surface area contributed by atoms with Crippen LogP contribution in [0.5, 0.6) is 11.5 Å². The van der Waals surface area contributed by atoms with Crippen LogP contribution in [0.15, 0.2) is 47.4 Å². The summed E-state index contributed by atoms with van der Waals surface area (Å²) in [4.78, 5) is 24.3. The van der Waals surface area contributed by atoms with Gasteiger partial charge in [-0.2, -0.15) is 0 Å². The van der Waals surface area contributed by atoms with E-state index in [4.69, 9.17) is 14.2 Å². The second kappa shape index (κ2) is 8.01. The number of benzene rings is 2. The summed E-state index contributed by atoms with van der Waals surface area (Å²) in [6.45, 7) is -0.456. The fraction of sp³-hybridized carbons (Fsp3) is 0.222. The number of carbonyl (C=O) groups excluding carboxylic acids is 2. The van der Waals surface area contributed by atoms with Gasteiger partial charge < -0.3 is 14.2 Å². The maximum Gasteiger partial charge on any atom is 0.338 e. The quantitative estimate of drug-likeness (QED) is 0.538. The molecule has 2 aromatic carbocycles. The van der Waals surface area contributed by atoms with Crippen LogP contribution in [0.25, 0.3) is 0 Å². The number of sulfone groups is 1. The number of methoxy groups -OCH3 is 2. The average Bonchev–Trinajstić information content (AvgIpc) is 2.64. The molecule has 0 amide bonds. The van der Waals surface area contributed by atoms with Gasteiger partial charge >= 0.3 is 5.97 Å². The van der Waals surface area contributed by atoms with Crippen molar-refractivity contribution in [1.82, 2.24) is 0 Å². The van der Waals surface area contributed by atoms with E-state index in [9.17, 15) is 18.0 Å². The van der Waals surface area contributed by atoms with Gasteiger partial charge in [-0.15, -0.1) is 0 Å². The highest BCUT2D eigenvalue weighted by molar-refractivity contribution is 7.90. The van der Waals surface area contributed by atoms with Crippen molar-refractivity contribution < 1.29 is 32.2 Å². The van der Waals surface area contributed by atoms with Crippen LogP contribution in [-0.2, 0) is 14.6 Å². The number of hydrogen-bond acceptors (Lipinski definition) is 7. The minimum Gasteiger partial charge on any atom is -0.493 e. The Morgan fingerprint density at radius 1 is 0.885 bits per heavy atom. The van der Waals surface area contributed by atoms with Crippen LogP contribution in [0.1, 0.15) is 20.7 Å². The third kappa shape index (κ3) is 4.60. The van der Waals surface area contributed by atoms with E-state index in [0.29, 0.717) is 17.1 Å². The molecule has 2 aromatic rings. The third-order valence-corrected chi connectivity index (χ3v) is 4.69. The molecule has 0 bridgehead atoms. The fourth-order valence-electron chi connectivity index (χ4n) is 2.15. The average molecular weight is 378 g/mol. The van der Waals surface area contributed by atoms with Crippen molar-refractivity contribution >= 4 is 21.6 Å². The number of ether oxygens (including phenoxy) is 3. The van der Waals surface area contributed by atoms with Crippen molar-refractivity contribution in [3.8, 4) is 11.5 Å². The van der Waals surface area contributed by atoms with Crippen molar-refractivity contribution in [2.24, 2.45) is 0 Å². The minimum absolute atomic E-state index is 0.0930. The van der Waals surface area contributed by atoms with E-state index in [1.54, 1.807) is 12.1 Å². The van der Waals surface area contributed by atoms with E-state index >= 15 is 0 Å². The molecule has 7 nitrogen and oxygen atoms in total. The van der Waals surface area contributed by atoms with Crippen LogP contribution >= 0.6 is 0 Å². The third-order valence-electron chi connectivity index (χ3n) is 3.56. The molecule has 2 rings (SSSR count). The molecule has 0 aliphatic carbocycles. The first-order valence-corrected chi connectivity index (χ1v) is 9.38. The molecule has 0 aliphatic rings. The maximum absolute atomic E-state index is 12.2. The van der Waals surface area contributed by atoms with Crippen LogP contribution in [0.2, 0.25) is 0 Å². The Balaban J connectivity index is 2.04. The second-order valence-corrected chi connectivity index (χ2v) is 7.38. The molecule has 138 valence electrons. The van der Waals surface area contributed by atoms with E-state index in [-0.39, 0.29) is 10.5 Å². The predicted octanol–water partition coefficient (Wildman–Crippen LogP) is 2.15. The molecule has 0 atom stereocenters. The molecule has 0 spiro atoms. The van der Waals surface area contributed by atoms with Gasteiger partial charge in [-0.1, -0.05) is 0 Å². The van der Waals surface area contributed by atoms with Crippen LogP contribution in [0.4, 0.5) is 0 Å². The number of esters is 1. The Bertz CT molecular complexity index is 915. The van der Waals surface area contributed by atoms with Gasteiger partial charge in [0.25, 0.3) is 0 Å².